The number of nitrogens with zero attached hydrogens (tertiary/aromatic N) is 2. The van der Waals surface area contributed by atoms with Crippen molar-refractivity contribution in [1.29, 1.82) is 0 Å². The van der Waals surface area contributed by atoms with Gasteiger partial charge in [0.2, 0.25) is 0 Å². The minimum Gasteiger partial charge on any atom is -0.457 e. The zero-order valence-electron chi connectivity index (χ0n) is 15.9. The normalized spacial score (nSPS) is 12.4. The van der Waals surface area contributed by atoms with Gasteiger partial charge in [-0.25, -0.2) is 4.98 Å². The van der Waals surface area contributed by atoms with Crippen molar-refractivity contribution in [3.05, 3.63) is 60.6 Å². The molecule has 2 aromatic heterocycles. The molecule has 0 aliphatic heterocycles. The summed E-state index contributed by atoms with van der Waals surface area (Å²) in [4.78, 5) is 7.97. The van der Waals surface area contributed by atoms with E-state index in [0.29, 0.717) is 13.2 Å². The lowest BCUT2D eigenvalue weighted by Gasteiger charge is -2.10. The molecule has 28 heavy (non-hydrogen) atoms. The molecular weight excluding hydrogens is 354 g/mol. The number of hydrogen-bond acceptors (Lipinski definition) is 5. The van der Waals surface area contributed by atoms with Crippen LogP contribution in [0.3, 0.4) is 0 Å². The molecule has 4 aromatic rings. The maximum absolute atomic E-state index is 5.99. The molecule has 0 aliphatic carbocycles. The highest BCUT2D eigenvalue weighted by Gasteiger charge is 2.07. The minimum absolute atomic E-state index is 0.266. The maximum atomic E-state index is 5.99. The van der Waals surface area contributed by atoms with Crippen LogP contribution >= 0.6 is 0 Å². The zero-order valence-corrected chi connectivity index (χ0v) is 15.9. The van der Waals surface area contributed by atoms with E-state index in [-0.39, 0.29) is 6.04 Å². The Kier molecular flexibility index (Phi) is 5.36. The molecule has 0 fully saturated rings. The molecule has 0 amide bonds. The topological polar surface area (TPSA) is 87.8 Å². The van der Waals surface area contributed by atoms with E-state index in [2.05, 4.69) is 32.4 Å². The average molecular weight is 377 g/mol. The summed E-state index contributed by atoms with van der Waals surface area (Å²) in [6.45, 7) is 3.40. The van der Waals surface area contributed by atoms with E-state index < -0.39 is 0 Å². The third-order valence-electron chi connectivity index (χ3n) is 4.44. The molecule has 2 aromatic carbocycles. The van der Waals surface area contributed by atoms with Crippen molar-refractivity contribution in [2.75, 3.05) is 13.7 Å². The number of aromatic amines is 2. The van der Waals surface area contributed by atoms with Crippen LogP contribution in [0.25, 0.3) is 22.3 Å². The summed E-state index contributed by atoms with van der Waals surface area (Å²) >= 11 is 0. The Morgan fingerprint density at radius 3 is 2.64 bits per heavy atom. The highest BCUT2D eigenvalue weighted by molar-refractivity contribution is 5.77. The standard InChI is InChI=1S/C21H23N5O2/c1-14(13-27-2)22-12-21-24-19-8-7-17(11-20(19)25-21)28-16-5-3-15(4-6-16)18-9-10-23-26-18/h3-11,14,22H,12-13H2,1-2H3,(H,23,26)(H,24,25)/t14-/m0/s1. The fourth-order valence-electron chi connectivity index (χ4n) is 3.02. The molecule has 2 heterocycles. The second-order valence-electron chi connectivity index (χ2n) is 6.70. The van der Waals surface area contributed by atoms with Gasteiger partial charge in [-0.2, -0.15) is 5.10 Å². The number of fused-ring (bicyclic) bond motifs is 1. The van der Waals surface area contributed by atoms with Crippen molar-refractivity contribution < 1.29 is 9.47 Å². The minimum atomic E-state index is 0.266. The van der Waals surface area contributed by atoms with Gasteiger partial charge in [0, 0.05) is 25.4 Å². The third kappa shape index (κ3) is 4.21. The Bertz CT molecular complexity index is 1020. The number of benzene rings is 2. The van der Waals surface area contributed by atoms with Gasteiger partial charge in [0.15, 0.2) is 0 Å². The van der Waals surface area contributed by atoms with Gasteiger partial charge in [0.25, 0.3) is 0 Å². The molecular formula is C21H23N5O2. The number of H-pyrrole nitrogens is 2. The molecule has 0 aliphatic rings. The van der Waals surface area contributed by atoms with E-state index in [4.69, 9.17) is 9.47 Å². The SMILES string of the molecule is COC[C@H](C)NCc1nc2cc(Oc3ccc(-c4ccn[nH]4)cc3)ccc2[nH]1. The predicted octanol–water partition coefficient (Wildman–Crippen LogP) is 3.87. The molecule has 1 atom stereocenters. The number of nitrogens with one attached hydrogen (secondary N) is 3. The predicted molar refractivity (Wildman–Crippen MR) is 108 cm³/mol. The monoisotopic (exact) mass is 377 g/mol. The van der Waals surface area contributed by atoms with Crippen LogP contribution in [0, 0.1) is 0 Å². The Morgan fingerprint density at radius 2 is 1.89 bits per heavy atom. The number of imidazole rings is 1. The summed E-state index contributed by atoms with van der Waals surface area (Å²) in [5.41, 5.74) is 3.90. The van der Waals surface area contributed by atoms with E-state index >= 15 is 0 Å². The van der Waals surface area contributed by atoms with Crippen LogP contribution in [0.15, 0.2) is 54.7 Å². The number of ether oxygens (including phenoxy) is 2. The molecule has 0 unspecified atom stereocenters. The first-order chi connectivity index (χ1) is 13.7. The summed E-state index contributed by atoms with van der Waals surface area (Å²) < 4.78 is 11.1. The fourth-order valence-corrected chi connectivity index (χ4v) is 3.02. The lowest BCUT2D eigenvalue weighted by molar-refractivity contribution is 0.171. The number of methoxy groups -OCH3 is 1. The smallest absolute Gasteiger partial charge is 0.129 e. The van der Waals surface area contributed by atoms with Crippen LogP contribution in [0.4, 0.5) is 0 Å². The molecule has 0 radical (unpaired) electrons. The molecule has 7 heteroatoms. The molecule has 3 N–H and O–H groups in total. The van der Waals surface area contributed by atoms with Crippen molar-refractivity contribution in [3.63, 3.8) is 0 Å². The van der Waals surface area contributed by atoms with Crippen LogP contribution in [-0.2, 0) is 11.3 Å². The fraction of sp³-hybridized carbons (Fsp3) is 0.238. The second-order valence-corrected chi connectivity index (χ2v) is 6.70. The Balaban J connectivity index is 1.44. The van der Waals surface area contributed by atoms with Crippen LogP contribution in [0.5, 0.6) is 11.5 Å². The molecule has 0 bridgehead atoms. The van der Waals surface area contributed by atoms with Gasteiger partial charge in [-0.05, 0) is 55.0 Å². The van der Waals surface area contributed by atoms with Crippen molar-refractivity contribution in [1.82, 2.24) is 25.5 Å². The zero-order chi connectivity index (χ0) is 19.3. The first kappa shape index (κ1) is 18.2. The Labute approximate surface area is 163 Å². The summed E-state index contributed by atoms with van der Waals surface area (Å²) in [6.07, 6.45) is 1.74. The molecule has 0 spiro atoms. The highest BCUT2D eigenvalue weighted by atomic mass is 16.5. The van der Waals surface area contributed by atoms with E-state index in [9.17, 15) is 0 Å². The van der Waals surface area contributed by atoms with Gasteiger partial charge in [-0.1, -0.05) is 0 Å². The Hall–Kier alpha value is -3.16. The Morgan fingerprint density at radius 1 is 1.07 bits per heavy atom. The van der Waals surface area contributed by atoms with Crippen molar-refractivity contribution in [2.45, 2.75) is 19.5 Å². The highest BCUT2D eigenvalue weighted by Crippen LogP contribution is 2.27. The molecule has 0 saturated carbocycles. The van der Waals surface area contributed by atoms with E-state index in [1.807, 2.05) is 48.5 Å². The summed E-state index contributed by atoms with van der Waals surface area (Å²) in [5, 5.41) is 10.3. The first-order valence-corrected chi connectivity index (χ1v) is 9.20. The van der Waals surface area contributed by atoms with Gasteiger partial charge in [-0.3, -0.25) is 5.10 Å². The van der Waals surface area contributed by atoms with Crippen molar-refractivity contribution in [2.24, 2.45) is 0 Å². The van der Waals surface area contributed by atoms with Crippen molar-refractivity contribution in [3.8, 4) is 22.8 Å². The lowest BCUT2D eigenvalue weighted by atomic mass is 10.1. The quantitative estimate of drug-likeness (QED) is 0.434. The largest absolute Gasteiger partial charge is 0.457 e. The number of hydrogen-bond donors (Lipinski definition) is 3. The van der Waals surface area contributed by atoms with Gasteiger partial charge < -0.3 is 19.8 Å². The van der Waals surface area contributed by atoms with Gasteiger partial charge in [-0.15, -0.1) is 0 Å². The second kappa shape index (κ2) is 8.24. The molecule has 144 valence electrons. The number of aromatic nitrogens is 4. The molecule has 0 saturated heterocycles. The van der Waals surface area contributed by atoms with E-state index in [1.54, 1.807) is 13.3 Å². The van der Waals surface area contributed by atoms with Crippen LogP contribution < -0.4 is 10.1 Å². The summed E-state index contributed by atoms with van der Waals surface area (Å²) in [7, 11) is 1.70. The van der Waals surface area contributed by atoms with E-state index in [0.717, 1.165) is 39.6 Å². The van der Waals surface area contributed by atoms with Gasteiger partial charge in [0.1, 0.15) is 17.3 Å². The average Bonchev–Trinajstić information content (AvgIpc) is 3.37. The van der Waals surface area contributed by atoms with Gasteiger partial charge >= 0.3 is 0 Å². The van der Waals surface area contributed by atoms with Crippen molar-refractivity contribution >= 4 is 11.0 Å². The van der Waals surface area contributed by atoms with E-state index in [1.165, 1.54) is 0 Å². The summed E-state index contributed by atoms with van der Waals surface area (Å²) in [5.74, 6) is 2.41. The summed E-state index contributed by atoms with van der Waals surface area (Å²) in [6, 6.07) is 16.0. The van der Waals surface area contributed by atoms with Crippen LogP contribution in [-0.4, -0.2) is 39.9 Å². The number of rotatable bonds is 8. The lowest BCUT2D eigenvalue weighted by Crippen LogP contribution is -2.29. The maximum Gasteiger partial charge on any atom is 0.129 e. The first-order valence-electron chi connectivity index (χ1n) is 9.20. The molecule has 4 rings (SSSR count). The van der Waals surface area contributed by atoms with Crippen LogP contribution in [0.2, 0.25) is 0 Å². The molecule has 7 nitrogen and oxygen atoms in total. The third-order valence-corrected chi connectivity index (χ3v) is 4.44. The van der Waals surface area contributed by atoms with Crippen LogP contribution in [0.1, 0.15) is 12.7 Å². The van der Waals surface area contributed by atoms with Gasteiger partial charge in [0.05, 0.1) is 29.9 Å².